The fraction of sp³-hybridized carbons (Fsp3) is 0.370. The van der Waals surface area contributed by atoms with Crippen molar-refractivity contribution in [2.24, 2.45) is 5.92 Å². The Morgan fingerprint density at radius 1 is 1.09 bits per heavy atom. The molecule has 2 heterocycles. The van der Waals surface area contributed by atoms with Crippen molar-refractivity contribution in [3.05, 3.63) is 64.0 Å². The third kappa shape index (κ3) is 6.19. The minimum Gasteiger partial charge on any atom is -0.493 e. The van der Waals surface area contributed by atoms with Gasteiger partial charge in [-0.25, -0.2) is 4.98 Å². The van der Waals surface area contributed by atoms with E-state index in [0.717, 1.165) is 33.8 Å². The molecule has 2 amide bonds. The molecule has 1 atom stereocenters. The van der Waals surface area contributed by atoms with Gasteiger partial charge in [0.1, 0.15) is 0 Å². The highest BCUT2D eigenvalue weighted by molar-refractivity contribution is 7.09. The van der Waals surface area contributed by atoms with Crippen LogP contribution in [-0.4, -0.2) is 55.6 Å². The standard InChI is InChI=1S/C27H31N3O4S/c1-18-29-23(17-35-18)21-7-4-19(5-8-21)10-12-28-27(32)22-15-26(31)30(16-22)13-11-20-6-9-24(33-2)25(14-20)34-3/h4-9,14,17,22H,10-13,15-16H2,1-3H3,(H,28,32). The number of amides is 2. The predicted molar refractivity (Wildman–Crippen MR) is 137 cm³/mol. The second-order valence-corrected chi connectivity index (χ2v) is 9.73. The summed E-state index contributed by atoms with van der Waals surface area (Å²) in [7, 11) is 3.21. The van der Waals surface area contributed by atoms with E-state index in [4.69, 9.17) is 9.47 Å². The van der Waals surface area contributed by atoms with Gasteiger partial charge in [-0.05, 0) is 43.0 Å². The second kappa shape index (κ2) is 11.4. The monoisotopic (exact) mass is 493 g/mol. The summed E-state index contributed by atoms with van der Waals surface area (Å²) in [6, 6.07) is 14.0. The number of nitrogens with one attached hydrogen (secondary N) is 1. The molecule has 1 fully saturated rings. The number of methoxy groups -OCH3 is 2. The summed E-state index contributed by atoms with van der Waals surface area (Å²) < 4.78 is 10.6. The summed E-state index contributed by atoms with van der Waals surface area (Å²) in [6.45, 7) is 3.58. The van der Waals surface area contributed by atoms with Gasteiger partial charge in [0.2, 0.25) is 11.8 Å². The van der Waals surface area contributed by atoms with E-state index in [-0.39, 0.29) is 24.2 Å². The van der Waals surface area contributed by atoms with Crippen molar-refractivity contribution >= 4 is 23.2 Å². The van der Waals surface area contributed by atoms with Gasteiger partial charge >= 0.3 is 0 Å². The number of rotatable bonds is 10. The first-order valence-electron chi connectivity index (χ1n) is 11.7. The van der Waals surface area contributed by atoms with Gasteiger partial charge in [-0.15, -0.1) is 11.3 Å². The molecular formula is C27H31N3O4S. The second-order valence-electron chi connectivity index (χ2n) is 8.67. The zero-order chi connectivity index (χ0) is 24.8. The quantitative estimate of drug-likeness (QED) is 0.464. The molecule has 184 valence electrons. The Labute approximate surface area is 210 Å². The molecule has 0 spiro atoms. The van der Waals surface area contributed by atoms with E-state index in [1.807, 2.05) is 25.1 Å². The fourth-order valence-corrected chi connectivity index (χ4v) is 4.90. The number of thiazole rings is 1. The van der Waals surface area contributed by atoms with Crippen LogP contribution in [0.2, 0.25) is 0 Å². The predicted octanol–water partition coefficient (Wildman–Crippen LogP) is 3.89. The summed E-state index contributed by atoms with van der Waals surface area (Å²) in [5, 5.41) is 6.12. The number of carbonyl (C=O) groups is 2. The lowest BCUT2D eigenvalue weighted by Crippen LogP contribution is -2.34. The summed E-state index contributed by atoms with van der Waals surface area (Å²) in [5.74, 6) is 1.02. The normalized spacial score (nSPS) is 15.3. The number of nitrogens with zero attached hydrogens (tertiary/aromatic N) is 2. The van der Waals surface area contributed by atoms with E-state index >= 15 is 0 Å². The smallest absolute Gasteiger partial charge is 0.225 e. The Morgan fingerprint density at radius 3 is 2.51 bits per heavy atom. The van der Waals surface area contributed by atoms with Gasteiger partial charge in [0.05, 0.1) is 30.8 Å². The van der Waals surface area contributed by atoms with Gasteiger partial charge < -0.3 is 19.7 Å². The van der Waals surface area contributed by atoms with Gasteiger partial charge in [-0.2, -0.15) is 0 Å². The molecule has 2 aromatic carbocycles. The maximum absolute atomic E-state index is 12.7. The summed E-state index contributed by atoms with van der Waals surface area (Å²) in [6.07, 6.45) is 1.70. The highest BCUT2D eigenvalue weighted by atomic mass is 32.1. The molecule has 1 unspecified atom stereocenters. The number of ether oxygens (including phenoxy) is 2. The van der Waals surface area contributed by atoms with Crippen LogP contribution in [0.25, 0.3) is 11.3 Å². The van der Waals surface area contributed by atoms with Gasteiger partial charge in [0, 0.05) is 37.0 Å². The fourth-order valence-electron chi connectivity index (χ4n) is 4.28. The molecule has 1 aromatic heterocycles. The van der Waals surface area contributed by atoms with Crippen LogP contribution in [-0.2, 0) is 22.4 Å². The van der Waals surface area contributed by atoms with Crippen LogP contribution in [0.15, 0.2) is 47.8 Å². The molecule has 0 saturated carbocycles. The van der Waals surface area contributed by atoms with Crippen molar-refractivity contribution in [1.82, 2.24) is 15.2 Å². The number of hydrogen-bond donors (Lipinski definition) is 1. The number of benzene rings is 2. The lowest BCUT2D eigenvalue weighted by molar-refractivity contribution is -0.129. The van der Waals surface area contributed by atoms with Crippen LogP contribution in [0, 0.1) is 12.8 Å². The molecule has 3 aromatic rings. The first-order valence-corrected chi connectivity index (χ1v) is 12.6. The van der Waals surface area contributed by atoms with Crippen molar-refractivity contribution < 1.29 is 19.1 Å². The third-order valence-corrected chi connectivity index (χ3v) is 7.06. The molecule has 1 aliphatic heterocycles. The lowest BCUT2D eigenvalue weighted by atomic mass is 10.1. The highest BCUT2D eigenvalue weighted by Crippen LogP contribution is 2.28. The maximum atomic E-state index is 12.7. The minimum atomic E-state index is -0.303. The first kappa shape index (κ1) is 24.7. The molecule has 1 N–H and O–H groups in total. The molecule has 35 heavy (non-hydrogen) atoms. The number of hydrogen-bond acceptors (Lipinski definition) is 6. The van der Waals surface area contributed by atoms with Gasteiger partial charge in [0.25, 0.3) is 0 Å². The topological polar surface area (TPSA) is 80.8 Å². The van der Waals surface area contributed by atoms with E-state index in [9.17, 15) is 9.59 Å². The molecule has 4 rings (SSSR count). The highest BCUT2D eigenvalue weighted by Gasteiger charge is 2.33. The zero-order valence-electron chi connectivity index (χ0n) is 20.4. The van der Waals surface area contributed by atoms with Gasteiger partial charge in [-0.3, -0.25) is 9.59 Å². The average Bonchev–Trinajstić information content (AvgIpc) is 3.48. The maximum Gasteiger partial charge on any atom is 0.225 e. The average molecular weight is 494 g/mol. The lowest BCUT2D eigenvalue weighted by Gasteiger charge is -2.17. The number of aryl methyl sites for hydroxylation is 1. The SMILES string of the molecule is COc1ccc(CCN2CC(C(=O)NCCc3ccc(-c4csc(C)n4)cc3)CC2=O)cc1OC. The van der Waals surface area contributed by atoms with Gasteiger partial charge in [-0.1, -0.05) is 30.3 Å². The summed E-state index contributed by atoms with van der Waals surface area (Å²) in [4.78, 5) is 31.4. The Kier molecular flexibility index (Phi) is 8.02. The van der Waals surface area contributed by atoms with Crippen LogP contribution < -0.4 is 14.8 Å². The third-order valence-electron chi connectivity index (χ3n) is 6.29. The van der Waals surface area contributed by atoms with E-state index < -0.39 is 0 Å². The molecule has 0 aliphatic carbocycles. The molecule has 7 nitrogen and oxygen atoms in total. The van der Waals surface area contributed by atoms with Crippen molar-refractivity contribution in [2.45, 2.75) is 26.2 Å². The molecule has 0 radical (unpaired) electrons. The number of aromatic nitrogens is 1. The van der Waals surface area contributed by atoms with E-state index in [0.29, 0.717) is 37.6 Å². The largest absolute Gasteiger partial charge is 0.493 e. The van der Waals surface area contributed by atoms with Crippen molar-refractivity contribution in [3.63, 3.8) is 0 Å². The summed E-state index contributed by atoms with van der Waals surface area (Å²) in [5.41, 5.74) is 4.30. The van der Waals surface area contributed by atoms with Gasteiger partial charge in [0.15, 0.2) is 11.5 Å². The van der Waals surface area contributed by atoms with Crippen LogP contribution in [0.5, 0.6) is 11.5 Å². The first-order chi connectivity index (χ1) is 17.0. The van der Waals surface area contributed by atoms with Crippen molar-refractivity contribution in [1.29, 1.82) is 0 Å². The number of likely N-dealkylation sites (tertiary alicyclic amines) is 1. The molecule has 1 saturated heterocycles. The van der Waals surface area contributed by atoms with E-state index in [1.54, 1.807) is 30.5 Å². The van der Waals surface area contributed by atoms with Crippen LogP contribution in [0.3, 0.4) is 0 Å². The molecular weight excluding hydrogens is 462 g/mol. The summed E-state index contributed by atoms with van der Waals surface area (Å²) >= 11 is 1.64. The minimum absolute atomic E-state index is 0.0264. The van der Waals surface area contributed by atoms with Crippen LogP contribution in [0.1, 0.15) is 22.6 Å². The Bertz CT molecular complexity index is 1180. The Balaban J connectivity index is 1.22. The van der Waals surface area contributed by atoms with Crippen LogP contribution in [0.4, 0.5) is 0 Å². The van der Waals surface area contributed by atoms with Crippen LogP contribution >= 0.6 is 11.3 Å². The molecule has 0 bridgehead atoms. The van der Waals surface area contributed by atoms with E-state index in [2.05, 4.69) is 39.9 Å². The zero-order valence-corrected chi connectivity index (χ0v) is 21.2. The Hall–Kier alpha value is -3.39. The molecule has 8 heteroatoms. The van der Waals surface area contributed by atoms with Crippen molar-refractivity contribution in [2.75, 3.05) is 33.9 Å². The molecule has 1 aliphatic rings. The van der Waals surface area contributed by atoms with E-state index in [1.165, 1.54) is 0 Å². The number of carbonyl (C=O) groups excluding carboxylic acids is 2. The Morgan fingerprint density at radius 2 is 1.83 bits per heavy atom. The van der Waals surface area contributed by atoms with Crippen molar-refractivity contribution in [3.8, 4) is 22.8 Å².